The van der Waals surface area contributed by atoms with E-state index in [0.29, 0.717) is 5.95 Å². The van der Waals surface area contributed by atoms with Gasteiger partial charge in [0.15, 0.2) is 0 Å². The van der Waals surface area contributed by atoms with Crippen molar-refractivity contribution in [3.8, 4) is 0 Å². The molecule has 5 nitrogen and oxygen atoms in total. The van der Waals surface area contributed by atoms with Gasteiger partial charge >= 0.3 is 0 Å². The SMILES string of the molecule is CONC1=CC(c2ccc(C)cc2)Cc2nc(N)ncc21. The predicted octanol–water partition coefficient (Wildman–Crippen LogP) is 2.20. The highest BCUT2D eigenvalue weighted by Crippen LogP contribution is 2.32. The second kappa shape index (κ2) is 5.54. The summed E-state index contributed by atoms with van der Waals surface area (Å²) < 4.78 is 0. The number of aromatic nitrogens is 2. The number of nitrogens with one attached hydrogen (secondary N) is 1. The number of nitrogens with two attached hydrogens (primary N) is 1. The number of rotatable bonds is 3. The Labute approximate surface area is 123 Å². The van der Waals surface area contributed by atoms with Crippen molar-refractivity contribution in [3.63, 3.8) is 0 Å². The van der Waals surface area contributed by atoms with Gasteiger partial charge in [-0.2, -0.15) is 0 Å². The molecule has 3 N–H and O–H groups in total. The Morgan fingerprint density at radius 2 is 2.05 bits per heavy atom. The number of nitrogens with zero attached hydrogens (tertiary/aromatic N) is 2. The molecule has 0 amide bonds. The summed E-state index contributed by atoms with van der Waals surface area (Å²) in [6, 6.07) is 8.54. The zero-order chi connectivity index (χ0) is 14.8. The lowest BCUT2D eigenvalue weighted by Gasteiger charge is -2.23. The molecule has 1 aromatic carbocycles. The van der Waals surface area contributed by atoms with Crippen LogP contribution in [0.15, 0.2) is 36.5 Å². The molecule has 21 heavy (non-hydrogen) atoms. The fraction of sp³-hybridized carbons (Fsp3) is 0.250. The van der Waals surface area contributed by atoms with E-state index in [9.17, 15) is 0 Å². The number of nitrogen functional groups attached to an aromatic ring is 1. The van der Waals surface area contributed by atoms with Gasteiger partial charge in [-0.25, -0.2) is 9.97 Å². The van der Waals surface area contributed by atoms with Crippen LogP contribution in [0.2, 0.25) is 0 Å². The first-order valence-electron chi connectivity index (χ1n) is 6.86. The monoisotopic (exact) mass is 282 g/mol. The van der Waals surface area contributed by atoms with E-state index in [2.05, 4.69) is 52.7 Å². The van der Waals surface area contributed by atoms with Crippen LogP contribution in [0.1, 0.15) is 28.3 Å². The van der Waals surface area contributed by atoms with Crippen LogP contribution in [0, 0.1) is 6.92 Å². The number of hydrogen-bond donors (Lipinski definition) is 2. The highest BCUT2D eigenvalue weighted by atomic mass is 16.6. The van der Waals surface area contributed by atoms with E-state index in [1.54, 1.807) is 13.3 Å². The lowest BCUT2D eigenvalue weighted by molar-refractivity contribution is 0.136. The molecule has 0 aliphatic heterocycles. The number of fused-ring (bicyclic) bond motifs is 1. The lowest BCUT2D eigenvalue weighted by Crippen LogP contribution is -2.20. The third kappa shape index (κ3) is 2.73. The average molecular weight is 282 g/mol. The number of hydrogen-bond acceptors (Lipinski definition) is 5. The molecule has 0 fully saturated rings. The standard InChI is InChI=1S/C16H18N4O/c1-10-3-5-11(6-4-10)12-7-14-13(9-18-16(17)19-14)15(8-12)20-21-2/h3-6,8-9,12,20H,7H2,1-2H3,(H2,17,18,19). The van der Waals surface area contributed by atoms with Crippen molar-refractivity contribution in [2.75, 3.05) is 12.8 Å². The molecule has 1 aliphatic rings. The zero-order valence-electron chi connectivity index (χ0n) is 12.1. The fourth-order valence-electron chi connectivity index (χ4n) is 2.60. The molecule has 1 aliphatic carbocycles. The molecule has 0 spiro atoms. The Kier molecular flexibility index (Phi) is 3.58. The Balaban J connectivity index is 2.01. The smallest absolute Gasteiger partial charge is 0.220 e. The zero-order valence-corrected chi connectivity index (χ0v) is 12.1. The third-order valence-corrected chi connectivity index (χ3v) is 3.68. The van der Waals surface area contributed by atoms with Crippen molar-refractivity contribution in [1.82, 2.24) is 15.4 Å². The largest absolute Gasteiger partial charge is 0.368 e. The molecule has 0 radical (unpaired) electrons. The molecule has 0 saturated carbocycles. The second-order valence-electron chi connectivity index (χ2n) is 5.20. The van der Waals surface area contributed by atoms with Crippen molar-refractivity contribution in [2.24, 2.45) is 0 Å². The van der Waals surface area contributed by atoms with E-state index in [1.165, 1.54) is 11.1 Å². The highest BCUT2D eigenvalue weighted by molar-refractivity contribution is 5.68. The van der Waals surface area contributed by atoms with Crippen LogP contribution in [0.25, 0.3) is 5.70 Å². The van der Waals surface area contributed by atoms with Crippen molar-refractivity contribution in [1.29, 1.82) is 0 Å². The van der Waals surface area contributed by atoms with Crippen LogP contribution in [0.3, 0.4) is 0 Å². The van der Waals surface area contributed by atoms with Crippen LogP contribution in [-0.2, 0) is 11.3 Å². The summed E-state index contributed by atoms with van der Waals surface area (Å²) in [5, 5.41) is 0. The van der Waals surface area contributed by atoms with Crippen LogP contribution in [0.4, 0.5) is 5.95 Å². The highest BCUT2D eigenvalue weighted by Gasteiger charge is 2.22. The maximum Gasteiger partial charge on any atom is 0.220 e. The van der Waals surface area contributed by atoms with Crippen LogP contribution in [0.5, 0.6) is 0 Å². The summed E-state index contributed by atoms with van der Waals surface area (Å²) in [6.45, 7) is 2.08. The molecule has 1 atom stereocenters. The molecule has 3 rings (SSSR count). The minimum Gasteiger partial charge on any atom is -0.368 e. The van der Waals surface area contributed by atoms with Crippen molar-refractivity contribution < 1.29 is 4.84 Å². The normalized spacial score (nSPS) is 17.0. The molecule has 108 valence electrons. The Hall–Kier alpha value is -2.40. The average Bonchev–Trinajstić information content (AvgIpc) is 2.47. The Morgan fingerprint density at radius 1 is 1.29 bits per heavy atom. The second-order valence-corrected chi connectivity index (χ2v) is 5.20. The maximum absolute atomic E-state index is 5.71. The van der Waals surface area contributed by atoms with Gasteiger partial charge in [0.05, 0.1) is 18.5 Å². The molecular weight excluding hydrogens is 264 g/mol. The molecular formula is C16H18N4O. The molecule has 1 heterocycles. The fourth-order valence-corrected chi connectivity index (χ4v) is 2.60. The summed E-state index contributed by atoms with van der Waals surface area (Å²) in [5.41, 5.74) is 13.9. The van der Waals surface area contributed by atoms with Crippen molar-refractivity contribution >= 4 is 11.6 Å². The van der Waals surface area contributed by atoms with Gasteiger partial charge < -0.3 is 5.73 Å². The van der Waals surface area contributed by atoms with Crippen molar-refractivity contribution in [3.05, 3.63) is 58.9 Å². The first-order valence-corrected chi connectivity index (χ1v) is 6.86. The third-order valence-electron chi connectivity index (χ3n) is 3.68. The molecule has 0 saturated heterocycles. The van der Waals surface area contributed by atoms with Gasteiger partial charge in [-0.05, 0) is 12.5 Å². The van der Waals surface area contributed by atoms with E-state index in [4.69, 9.17) is 10.6 Å². The van der Waals surface area contributed by atoms with E-state index < -0.39 is 0 Å². The molecule has 5 heteroatoms. The van der Waals surface area contributed by atoms with E-state index in [-0.39, 0.29) is 5.92 Å². The first-order chi connectivity index (χ1) is 10.2. The van der Waals surface area contributed by atoms with Gasteiger partial charge in [-0.3, -0.25) is 10.3 Å². The van der Waals surface area contributed by atoms with Gasteiger partial charge in [0, 0.05) is 24.1 Å². The minimum atomic E-state index is 0.241. The van der Waals surface area contributed by atoms with Crippen molar-refractivity contribution in [2.45, 2.75) is 19.3 Å². The van der Waals surface area contributed by atoms with E-state index >= 15 is 0 Å². The maximum atomic E-state index is 5.71. The number of anilines is 1. The van der Waals surface area contributed by atoms with E-state index in [1.807, 2.05) is 0 Å². The van der Waals surface area contributed by atoms with Gasteiger partial charge in [0.2, 0.25) is 5.95 Å². The van der Waals surface area contributed by atoms with Gasteiger partial charge in [-0.1, -0.05) is 35.9 Å². The number of aryl methyl sites for hydroxylation is 1. The summed E-state index contributed by atoms with van der Waals surface area (Å²) in [4.78, 5) is 13.5. The topological polar surface area (TPSA) is 73.1 Å². The van der Waals surface area contributed by atoms with Crippen LogP contribution < -0.4 is 11.2 Å². The van der Waals surface area contributed by atoms with Crippen LogP contribution in [-0.4, -0.2) is 17.1 Å². The van der Waals surface area contributed by atoms with Crippen LogP contribution >= 0.6 is 0 Å². The molecule has 2 aromatic rings. The summed E-state index contributed by atoms with van der Waals surface area (Å²) >= 11 is 0. The van der Waals surface area contributed by atoms with E-state index in [0.717, 1.165) is 23.4 Å². The first kappa shape index (κ1) is 13.6. The quantitative estimate of drug-likeness (QED) is 0.844. The van der Waals surface area contributed by atoms with Gasteiger partial charge in [-0.15, -0.1) is 0 Å². The number of benzene rings is 1. The molecule has 0 bridgehead atoms. The Bertz CT molecular complexity index is 679. The minimum absolute atomic E-state index is 0.241. The summed E-state index contributed by atoms with van der Waals surface area (Å²) in [6.07, 6.45) is 4.69. The van der Waals surface area contributed by atoms with Gasteiger partial charge in [0.1, 0.15) is 0 Å². The lowest BCUT2D eigenvalue weighted by atomic mass is 9.86. The van der Waals surface area contributed by atoms with Gasteiger partial charge in [0.25, 0.3) is 0 Å². The molecule has 1 unspecified atom stereocenters. The molecule has 1 aromatic heterocycles. The number of hydroxylamine groups is 1. The summed E-state index contributed by atoms with van der Waals surface area (Å²) in [5.74, 6) is 0.542. The predicted molar refractivity (Wildman–Crippen MR) is 82.2 cm³/mol. The number of allylic oxidation sites excluding steroid dienone is 1. The Morgan fingerprint density at radius 3 is 2.76 bits per heavy atom. The summed E-state index contributed by atoms with van der Waals surface area (Å²) in [7, 11) is 1.59.